The lowest BCUT2D eigenvalue weighted by Crippen LogP contribution is -2.32. The highest BCUT2D eigenvalue weighted by molar-refractivity contribution is 5.51. The van der Waals surface area contributed by atoms with Crippen molar-refractivity contribution in [2.24, 2.45) is 0 Å². The van der Waals surface area contributed by atoms with Crippen LogP contribution in [0, 0.1) is 0 Å². The van der Waals surface area contributed by atoms with Gasteiger partial charge in [-0.05, 0) is 25.6 Å². The summed E-state index contributed by atoms with van der Waals surface area (Å²) in [6.45, 7) is 3.65. The van der Waals surface area contributed by atoms with Crippen molar-refractivity contribution in [3.05, 3.63) is 23.8 Å². The average molecular weight is 238 g/mol. The fourth-order valence-electron chi connectivity index (χ4n) is 1.64. The van der Waals surface area contributed by atoms with Crippen molar-refractivity contribution in [2.45, 2.75) is 19.5 Å². The lowest BCUT2D eigenvalue weighted by Gasteiger charge is -2.24. The quantitative estimate of drug-likeness (QED) is 0.767. The van der Waals surface area contributed by atoms with Crippen LogP contribution in [0.5, 0.6) is 5.75 Å². The van der Waals surface area contributed by atoms with Gasteiger partial charge in [0.2, 0.25) is 0 Å². The Morgan fingerprint density at radius 2 is 2.06 bits per heavy atom. The van der Waals surface area contributed by atoms with Crippen LogP contribution >= 0.6 is 0 Å². The summed E-state index contributed by atoms with van der Waals surface area (Å²) in [4.78, 5) is 2.21. The van der Waals surface area contributed by atoms with Crippen LogP contribution in [0.25, 0.3) is 0 Å². The van der Waals surface area contributed by atoms with Crippen LogP contribution in [0.4, 0.5) is 5.69 Å². The second-order valence-electron chi connectivity index (χ2n) is 4.28. The topological polar surface area (TPSA) is 47.7 Å². The van der Waals surface area contributed by atoms with Crippen LogP contribution in [0.15, 0.2) is 18.2 Å². The Morgan fingerprint density at radius 1 is 1.35 bits per heavy atom. The average Bonchev–Trinajstić information content (AvgIpc) is 2.31. The van der Waals surface area contributed by atoms with E-state index in [9.17, 15) is 0 Å². The van der Waals surface area contributed by atoms with Gasteiger partial charge in [0.15, 0.2) is 0 Å². The molecular weight excluding hydrogens is 216 g/mol. The summed E-state index contributed by atoms with van der Waals surface area (Å²) in [5.41, 5.74) is 7.85. The SMILES string of the molecule is COCC(C)N(C)Cc1ccc(OC)cc1N. The van der Waals surface area contributed by atoms with Gasteiger partial charge in [0.1, 0.15) is 5.75 Å². The molecule has 0 aliphatic carbocycles. The van der Waals surface area contributed by atoms with Gasteiger partial charge in [0, 0.05) is 31.5 Å². The molecule has 1 unspecified atom stereocenters. The molecule has 0 bridgehead atoms. The van der Waals surface area contributed by atoms with Gasteiger partial charge in [-0.2, -0.15) is 0 Å². The van der Waals surface area contributed by atoms with Gasteiger partial charge in [-0.15, -0.1) is 0 Å². The number of rotatable bonds is 6. The van der Waals surface area contributed by atoms with Crippen molar-refractivity contribution < 1.29 is 9.47 Å². The third kappa shape index (κ3) is 3.91. The highest BCUT2D eigenvalue weighted by Crippen LogP contribution is 2.21. The van der Waals surface area contributed by atoms with E-state index in [1.807, 2.05) is 18.2 Å². The summed E-state index contributed by atoms with van der Waals surface area (Å²) >= 11 is 0. The van der Waals surface area contributed by atoms with E-state index in [4.69, 9.17) is 15.2 Å². The first-order valence-electron chi connectivity index (χ1n) is 5.70. The zero-order valence-corrected chi connectivity index (χ0v) is 11.1. The molecule has 1 rings (SSSR count). The lowest BCUT2D eigenvalue weighted by molar-refractivity contribution is 0.112. The molecule has 0 spiro atoms. The minimum absolute atomic E-state index is 0.363. The van der Waals surface area contributed by atoms with E-state index in [1.54, 1.807) is 14.2 Å². The summed E-state index contributed by atoms with van der Waals surface area (Å²) in [5.74, 6) is 0.791. The predicted octanol–water partition coefficient (Wildman–Crippen LogP) is 1.74. The summed E-state index contributed by atoms with van der Waals surface area (Å²) in [5, 5.41) is 0. The van der Waals surface area contributed by atoms with Crippen LogP contribution < -0.4 is 10.5 Å². The van der Waals surface area contributed by atoms with Crippen molar-refractivity contribution in [1.82, 2.24) is 4.90 Å². The highest BCUT2D eigenvalue weighted by Gasteiger charge is 2.11. The molecule has 17 heavy (non-hydrogen) atoms. The zero-order valence-electron chi connectivity index (χ0n) is 11.1. The second kappa shape index (κ2) is 6.47. The number of likely N-dealkylation sites (N-methyl/N-ethyl adjacent to an activating group) is 1. The summed E-state index contributed by atoms with van der Waals surface area (Å²) in [6.07, 6.45) is 0. The molecule has 4 heteroatoms. The molecule has 96 valence electrons. The predicted molar refractivity (Wildman–Crippen MR) is 70.2 cm³/mol. The molecule has 1 aromatic rings. The van der Waals surface area contributed by atoms with Crippen molar-refractivity contribution in [2.75, 3.05) is 33.6 Å². The van der Waals surface area contributed by atoms with Crippen molar-refractivity contribution >= 4 is 5.69 Å². The summed E-state index contributed by atoms with van der Waals surface area (Å²) < 4.78 is 10.3. The minimum Gasteiger partial charge on any atom is -0.497 e. The van der Waals surface area contributed by atoms with Gasteiger partial charge in [0.05, 0.1) is 13.7 Å². The third-order valence-electron chi connectivity index (χ3n) is 2.93. The van der Waals surface area contributed by atoms with Gasteiger partial charge in [-0.25, -0.2) is 0 Å². The lowest BCUT2D eigenvalue weighted by atomic mass is 10.1. The Hall–Kier alpha value is -1.26. The van der Waals surface area contributed by atoms with E-state index in [-0.39, 0.29) is 0 Å². The highest BCUT2D eigenvalue weighted by atomic mass is 16.5. The van der Waals surface area contributed by atoms with Gasteiger partial charge >= 0.3 is 0 Å². The minimum atomic E-state index is 0.363. The first-order chi connectivity index (χ1) is 8.08. The molecule has 0 saturated carbocycles. The molecular formula is C13H22N2O2. The normalized spacial score (nSPS) is 12.8. The maximum Gasteiger partial charge on any atom is 0.120 e. The number of hydrogen-bond acceptors (Lipinski definition) is 4. The molecule has 0 radical (unpaired) electrons. The van der Waals surface area contributed by atoms with Crippen LogP contribution in [0.2, 0.25) is 0 Å². The van der Waals surface area contributed by atoms with E-state index in [2.05, 4.69) is 18.9 Å². The molecule has 0 fully saturated rings. The van der Waals surface area contributed by atoms with Crippen LogP contribution in [-0.4, -0.2) is 38.8 Å². The number of nitrogen functional groups attached to an aromatic ring is 1. The van der Waals surface area contributed by atoms with Crippen LogP contribution in [0.1, 0.15) is 12.5 Å². The summed E-state index contributed by atoms with van der Waals surface area (Å²) in [7, 11) is 5.42. The summed E-state index contributed by atoms with van der Waals surface area (Å²) in [6, 6.07) is 6.15. The Labute approximate surface area is 103 Å². The number of nitrogens with zero attached hydrogens (tertiary/aromatic N) is 1. The monoisotopic (exact) mass is 238 g/mol. The smallest absolute Gasteiger partial charge is 0.120 e. The molecule has 1 aromatic carbocycles. The van der Waals surface area contributed by atoms with E-state index < -0.39 is 0 Å². The van der Waals surface area contributed by atoms with E-state index in [0.717, 1.165) is 23.5 Å². The number of methoxy groups -OCH3 is 2. The molecule has 0 aliphatic heterocycles. The fraction of sp³-hybridized carbons (Fsp3) is 0.538. The molecule has 1 atom stereocenters. The second-order valence-corrected chi connectivity index (χ2v) is 4.28. The van der Waals surface area contributed by atoms with Gasteiger partial charge in [0.25, 0.3) is 0 Å². The van der Waals surface area contributed by atoms with Gasteiger partial charge in [-0.1, -0.05) is 6.07 Å². The van der Waals surface area contributed by atoms with Gasteiger partial charge < -0.3 is 15.2 Å². The maximum atomic E-state index is 5.98. The van der Waals surface area contributed by atoms with E-state index in [0.29, 0.717) is 12.6 Å². The molecule has 0 amide bonds. The Bertz CT molecular complexity index is 355. The Balaban J connectivity index is 2.68. The van der Waals surface area contributed by atoms with Crippen LogP contribution in [0.3, 0.4) is 0 Å². The molecule has 2 N–H and O–H groups in total. The number of anilines is 1. The number of benzene rings is 1. The van der Waals surface area contributed by atoms with Crippen molar-refractivity contribution in [1.29, 1.82) is 0 Å². The maximum absolute atomic E-state index is 5.98. The van der Waals surface area contributed by atoms with Crippen LogP contribution in [-0.2, 0) is 11.3 Å². The standard InChI is InChI=1S/C13H22N2O2/c1-10(9-16-3)15(2)8-11-5-6-12(17-4)7-13(11)14/h5-7,10H,8-9,14H2,1-4H3. The molecule has 0 heterocycles. The first-order valence-corrected chi connectivity index (χ1v) is 5.70. The molecule has 4 nitrogen and oxygen atoms in total. The van der Waals surface area contributed by atoms with Crippen molar-refractivity contribution in [3.8, 4) is 5.75 Å². The Kier molecular flexibility index (Phi) is 5.25. The number of ether oxygens (including phenoxy) is 2. The molecule has 0 aromatic heterocycles. The van der Waals surface area contributed by atoms with E-state index in [1.165, 1.54) is 0 Å². The fourth-order valence-corrected chi connectivity index (χ4v) is 1.64. The third-order valence-corrected chi connectivity index (χ3v) is 2.93. The molecule has 0 saturated heterocycles. The largest absolute Gasteiger partial charge is 0.497 e. The number of hydrogen-bond donors (Lipinski definition) is 1. The molecule has 0 aliphatic rings. The van der Waals surface area contributed by atoms with Crippen molar-refractivity contribution in [3.63, 3.8) is 0 Å². The number of nitrogens with two attached hydrogens (primary N) is 1. The Morgan fingerprint density at radius 3 is 2.59 bits per heavy atom. The van der Waals surface area contributed by atoms with E-state index >= 15 is 0 Å². The van der Waals surface area contributed by atoms with Gasteiger partial charge in [-0.3, -0.25) is 4.90 Å². The first kappa shape index (κ1) is 13.8. The zero-order chi connectivity index (χ0) is 12.8.